The summed E-state index contributed by atoms with van der Waals surface area (Å²) in [5.41, 5.74) is 2.79. The molecule has 1 aromatic carbocycles. The SMILES string of the molecule is Cc1ccccc1CN1CCC(NC(=O)CC(C)C2CCCNC2)CC1.Cl.Cl. The molecule has 2 atom stereocenters. The highest BCUT2D eigenvalue weighted by molar-refractivity contribution is 5.85. The lowest BCUT2D eigenvalue weighted by molar-refractivity contribution is -0.123. The van der Waals surface area contributed by atoms with E-state index in [-0.39, 0.29) is 30.7 Å². The Morgan fingerprint density at radius 3 is 2.57 bits per heavy atom. The summed E-state index contributed by atoms with van der Waals surface area (Å²) in [6, 6.07) is 8.99. The van der Waals surface area contributed by atoms with Crippen LogP contribution in [0.2, 0.25) is 0 Å². The van der Waals surface area contributed by atoms with Crippen LogP contribution >= 0.6 is 24.8 Å². The number of carbonyl (C=O) groups excluding carboxylic acids is 1. The fourth-order valence-corrected chi connectivity index (χ4v) is 4.37. The van der Waals surface area contributed by atoms with Crippen molar-refractivity contribution < 1.29 is 4.79 Å². The first-order valence-electron chi connectivity index (χ1n) is 10.4. The third-order valence-corrected chi connectivity index (χ3v) is 6.25. The number of aryl methyl sites for hydroxylation is 1. The van der Waals surface area contributed by atoms with Crippen molar-refractivity contribution in [2.45, 2.75) is 58.5 Å². The average Bonchev–Trinajstić information content (AvgIpc) is 2.66. The molecule has 0 aromatic heterocycles. The highest BCUT2D eigenvalue weighted by Crippen LogP contribution is 2.23. The number of nitrogens with one attached hydrogen (secondary N) is 2. The molecule has 0 spiro atoms. The molecule has 6 heteroatoms. The van der Waals surface area contributed by atoms with Gasteiger partial charge in [-0.1, -0.05) is 31.2 Å². The van der Waals surface area contributed by atoms with Gasteiger partial charge in [0.25, 0.3) is 0 Å². The number of likely N-dealkylation sites (tertiary alicyclic amines) is 1. The van der Waals surface area contributed by atoms with Gasteiger partial charge in [-0.05, 0) is 68.7 Å². The van der Waals surface area contributed by atoms with Crippen LogP contribution in [0.4, 0.5) is 0 Å². The third kappa shape index (κ3) is 7.55. The standard InChI is InChI=1S/C22H35N3O.2ClH/c1-17-6-3-4-7-20(17)16-25-12-9-21(10-13-25)24-22(26)14-18(2)19-8-5-11-23-15-19;;/h3-4,6-7,18-19,21,23H,5,8-16H2,1-2H3,(H,24,26);2*1H. The number of benzene rings is 1. The molecule has 2 fully saturated rings. The number of piperidine rings is 2. The van der Waals surface area contributed by atoms with E-state index in [2.05, 4.69) is 53.6 Å². The van der Waals surface area contributed by atoms with Crippen molar-refractivity contribution in [1.82, 2.24) is 15.5 Å². The monoisotopic (exact) mass is 429 g/mol. The molecule has 0 radical (unpaired) electrons. The summed E-state index contributed by atoms with van der Waals surface area (Å²) in [5, 5.41) is 6.76. The highest BCUT2D eigenvalue weighted by atomic mass is 35.5. The Hall–Kier alpha value is -0.810. The Kier molecular flexibility index (Phi) is 11.4. The smallest absolute Gasteiger partial charge is 0.220 e. The van der Waals surface area contributed by atoms with Gasteiger partial charge in [-0.15, -0.1) is 24.8 Å². The maximum Gasteiger partial charge on any atom is 0.220 e. The number of carbonyl (C=O) groups is 1. The molecule has 0 saturated carbocycles. The van der Waals surface area contributed by atoms with Crippen LogP contribution in [0, 0.1) is 18.8 Å². The first kappa shape index (κ1) is 25.2. The van der Waals surface area contributed by atoms with Crippen LogP contribution < -0.4 is 10.6 Å². The molecule has 4 nitrogen and oxygen atoms in total. The van der Waals surface area contributed by atoms with Crippen LogP contribution in [0.3, 0.4) is 0 Å². The third-order valence-electron chi connectivity index (χ3n) is 6.25. The first-order valence-corrected chi connectivity index (χ1v) is 10.4. The summed E-state index contributed by atoms with van der Waals surface area (Å²) in [7, 11) is 0. The molecule has 0 aliphatic carbocycles. The normalized spacial score (nSPS) is 21.9. The van der Waals surface area contributed by atoms with Gasteiger partial charge in [-0.25, -0.2) is 0 Å². The summed E-state index contributed by atoms with van der Waals surface area (Å²) >= 11 is 0. The minimum atomic E-state index is 0. The molecule has 1 aromatic rings. The molecule has 2 unspecified atom stereocenters. The van der Waals surface area contributed by atoms with Gasteiger partial charge < -0.3 is 10.6 Å². The Bertz CT molecular complexity index is 585. The molecular weight excluding hydrogens is 393 g/mol. The van der Waals surface area contributed by atoms with Crippen molar-refractivity contribution in [1.29, 1.82) is 0 Å². The van der Waals surface area contributed by atoms with E-state index in [9.17, 15) is 4.79 Å². The van der Waals surface area contributed by atoms with E-state index in [0.717, 1.165) is 45.6 Å². The second-order valence-corrected chi connectivity index (χ2v) is 8.33. The van der Waals surface area contributed by atoms with Crippen molar-refractivity contribution in [3.8, 4) is 0 Å². The molecule has 2 heterocycles. The minimum Gasteiger partial charge on any atom is -0.353 e. The summed E-state index contributed by atoms with van der Waals surface area (Å²) < 4.78 is 0. The zero-order chi connectivity index (χ0) is 18.4. The Morgan fingerprint density at radius 1 is 1.21 bits per heavy atom. The summed E-state index contributed by atoms with van der Waals surface area (Å²) in [6.07, 6.45) is 5.32. The fourth-order valence-electron chi connectivity index (χ4n) is 4.37. The van der Waals surface area contributed by atoms with Crippen LogP contribution in [-0.4, -0.2) is 43.0 Å². The van der Waals surface area contributed by atoms with Gasteiger partial charge in [0.1, 0.15) is 0 Å². The average molecular weight is 430 g/mol. The number of hydrogen-bond acceptors (Lipinski definition) is 3. The van der Waals surface area contributed by atoms with Gasteiger partial charge in [0, 0.05) is 32.1 Å². The quantitative estimate of drug-likeness (QED) is 0.719. The lowest BCUT2D eigenvalue weighted by atomic mass is 9.85. The van der Waals surface area contributed by atoms with Gasteiger partial charge in [-0.3, -0.25) is 9.69 Å². The first-order chi connectivity index (χ1) is 12.6. The molecule has 2 saturated heterocycles. The van der Waals surface area contributed by atoms with Gasteiger partial charge in [-0.2, -0.15) is 0 Å². The van der Waals surface area contributed by atoms with Crippen LogP contribution in [0.5, 0.6) is 0 Å². The molecule has 0 bridgehead atoms. The van der Waals surface area contributed by atoms with E-state index in [1.807, 2.05) is 0 Å². The van der Waals surface area contributed by atoms with Crippen molar-refractivity contribution >= 4 is 30.7 Å². The molecule has 2 N–H and O–H groups in total. The predicted molar refractivity (Wildman–Crippen MR) is 121 cm³/mol. The van der Waals surface area contributed by atoms with Crippen LogP contribution in [-0.2, 0) is 11.3 Å². The largest absolute Gasteiger partial charge is 0.353 e. The van der Waals surface area contributed by atoms with E-state index >= 15 is 0 Å². The Balaban J connectivity index is 0.00000196. The lowest BCUT2D eigenvalue weighted by Gasteiger charge is -2.33. The zero-order valence-corrected chi connectivity index (χ0v) is 18.9. The number of amides is 1. The highest BCUT2D eigenvalue weighted by Gasteiger charge is 2.25. The fraction of sp³-hybridized carbons (Fsp3) is 0.682. The molecule has 3 rings (SSSR count). The Morgan fingerprint density at radius 2 is 1.93 bits per heavy atom. The van der Waals surface area contributed by atoms with Gasteiger partial charge >= 0.3 is 0 Å². The van der Waals surface area contributed by atoms with Gasteiger partial charge in [0.2, 0.25) is 5.91 Å². The van der Waals surface area contributed by atoms with Crippen LogP contribution in [0.1, 0.15) is 50.2 Å². The van der Waals surface area contributed by atoms with Crippen LogP contribution in [0.15, 0.2) is 24.3 Å². The molecule has 28 heavy (non-hydrogen) atoms. The van der Waals surface area contributed by atoms with E-state index in [4.69, 9.17) is 0 Å². The number of hydrogen-bond donors (Lipinski definition) is 2. The lowest BCUT2D eigenvalue weighted by Crippen LogP contribution is -2.45. The van der Waals surface area contributed by atoms with E-state index in [0.29, 0.717) is 24.3 Å². The van der Waals surface area contributed by atoms with Crippen molar-refractivity contribution in [3.63, 3.8) is 0 Å². The maximum absolute atomic E-state index is 12.4. The van der Waals surface area contributed by atoms with E-state index in [1.165, 1.54) is 24.0 Å². The van der Waals surface area contributed by atoms with Crippen molar-refractivity contribution in [2.75, 3.05) is 26.2 Å². The maximum atomic E-state index is 12.4. The summed E-state index contributed by atoms with van der Waals surface area (Å²) in [6.45, 7) is 9.80. The van der Waals surface area contributed by atoms with Crippen molar-refractivity contribution in [2.24, 2.45) is 11.8 Å². The second kappa shape index (κ2) is 12.7. The molecule has 2 aliphatic heterocycles. The molecular formula is C22H37Cl2N3O. The zero-order valence-electron chi connectivity index (χ0n) is 17.3. The van der Waals surface area contributed by atoms with Gasteiger partial charge in [0.05, 0.1) is 0 Å². The minimum absolute atomic E-state index is 0. The van der Waals surface area contributed by atoms with E-state index < -0.39 is 0 Å². The van der Waals surface area contributed by atoms with Gasteiger partial charge in [0.15, 0.2) is 0 Å². The number of rotatable bonds is 6. The second-order valence-electron chi connectivity index (χ2n) is 8.33. The predicted octanol–water partition coefficient (Wildman–Crippen LogP) is 3.95. The number of nitrogens with zero attached hydrogens (tertiary/aromatic N) is 1. The van der Waals surface area contributed by atoms with Crippen molar-refractivity contribution in [3.05, 3.63) is 35.4 Å². The Labute approximate surface area is 183 Å². The summed E-state index contributed by atoms with van der Waals surface area (Å²) in [4.78, 5) is 15.0. The van der Waals surface area contributed by atoms with E-state index in [1.54, 1.807) is 0 Å². The molecule has 2 aliphatic rings. The molecule has 1 amide bonds. The number of halogens is 2. The topological polar surface area (TPSA) is 44.4 Å². The summed E-state index contributed by atoms with van der Waals surface area (Å²) in [5.74, 6) is 1.38. The van der Waals surface area contributed by atoms with Crippen LogP contribution in [0.25, 0.3) is 0 Å². The molecule has 160 valence electrons.